The second-order valence-electron chi connectivity index (χ2n) is 3.05. The zero-order valence-corrected chi connectivity index (χ0v) is 9.98. The topological polar surface area (TPSA) is 55.6 Å². The average molecular weight is 268 g/mol. The number of rotatable bonds is 2. The van der Waals surface area contributed by atoms with E-state index in [1.54, 1.807) is 12.4 Å². The van der Waals surface area contributed by atoms with Crippen LogP contribution in [0.5, 0.6) is 0 Å². The van der Waals surface area contributed by atoms with E-state index in [4.69, 9.17) is 0 Å². The molecule has 1 N–H and O–H groups in total. The first-order valence-corrected chi connectivity index (χ1v) is 5.19. The van der Waals surface area contributed by atoms with Crippen LogP contribution in [0.4, 0.5) is 5.95 Å². The molecule has 5 nitrogen and oxygen atoms in total. The number of hydrogen-bond acceptors (Lipinski definition) is 4. The van der Waals surface area contributed by atoms with E-state index in [9.17, 15) is 0 Å². The lowest BCUT2D eigenvalue weighted by Crippen LogP contribution is -1.99. The number of nitrogens with zero attached hydrogens (tertiary/aromatic N) is 4. The highest BCUT2D eigenvalue weighted by atomic mass is 79.9. The van der Waals surface area contributed by atoms with Crippen LogP contribution in [-0.4, -0.2) is 26.8 Å². The molecule has 0 spiro atoms. The molecule has 2 aromatic heterocycles. The molecule has 0 unspecified atom stereocenters. The molecule has 15 heavy (non-hydrogen) atoms. The summed E-state index contributed by atoms with van der Waals surface area (Å²) in [5.41, 5.74) is 0.931. The fraction of sp³-hybridized carbons (Fsp3) is 0.222. The van der Waals surface area contributed by atoms with Gasteiger partial charge < -0.3 is 5.32 Å². The summed E-state index contributed by atoms with van der Waals surface area (Å²) in [5.74, 6) is 1.51. The molecule has 2 heterocycles. The van der Waals surface area contributed by atoms with Gasteiger partial charge in [0.05, 0.1) is 0 Å². The highest BCUT2D eigenvalue weighted by Gasteiger charge is 2.09. The third-order valence-corrected chi connectivity index (χ3v) is 2.50. The van der Waals surface area contributed by atoms with Crippen LogP contribution in [0.15, 0.2) is 22.9 Å². The lowest BCUT2D eigenvalue weighted by Gasteiger charge is -2.02. The zero-order chi connectivity index (χ0) is 10.8. The fourth-order valence-electron chi connectivity index (χ4n) is 1.33. The summed E-state index contributed by atoms with van der Waals surface area (Å²) in [7, 11) is 3.72. The van der Waals surface area contributed by atoms with E-state index in [1.807, 2.05) is 24.7 Å². The van der Waals surface area contributed by atoms with Gasteiger partial charge in [0.1, 0.15) is 0 Å². The molecule has 0 saturated heterocycles. The van der Waals surface area contributed by atoms with Crippen molar-refractivity contribution in [2.75, 3.05) is 12.4 Å². The Morgan fingerprint density at radius 1 is 1.33 bits per heavy atom. The van der Waals surface area contributed by atoms with Gasteiger partial charge in [0, 0.05) is 36.5 Å². The molecule has 0 aliphatic rings. The van der Waals surface area contributed by atoms with E-state index in [1.165, 1.54) is 0 Å². The van der Waals surface area contributed by atoms with E-state index in [0.717, 1.165) is 21.8 Å². The van der Waals surface area contributed by atoms with Crippen molar-refractivity contribution in [3.8, 4) is 11.4 Å². The molecule has 0 radical (unpaired) electrons. The van der Waals surface area contributed by atoms with E-state index < -0.39 is 0 Å². The molecule has 0 aliphatic heterocycles. The predicted octanol–water partition coefficient (Wildman–Crippen LogP) is 1.68. The summed E-state index contributed by atoms with van der Waals surface area (Å²) in [6, 6.07) is 1.95. The molecule has 2 rings (SSSR count). The van der Waals surface area contributed by atoms with Crippen LogP contribution in [0, 0.1) is 0 Å². The van der Waals surface area contributed by atoms with E-state index >= 15 is 0 Å². The Morgan fingerprint density at radius 3 is 2.73 bits per heavy atom. The summed E-state index contributed by atoms with van der Waals surface area (Å²) >= 11 is 3.37. The van der Waals surface area contributed by atoms with E-state index in [-0.39, 0.29) is 0 Å². The molecule has 0 saturated carbocycles. The van der Waals surface area contributed by atoms with Gasteiger partial charge in [-0.1, -0.05) is 0 Å². The van der Waals surface area contributed by atoms with Crippen LogP contribution in [0.25, 0.3) is 11.4 Å². The van der Waals surface area contributed by atoms with E-state index in [2.05, 4.69) is 36.4 Å². The average Bonchev–Trinajstić information content (AvgIpc) is 2.59. The number of halogens is 1. The largest absolute Gasteiger partial charge is 0.357 e. The molecular weight excluding hydrogens is 258 g/mol. The number of aromatic nitrogens is 4. The van der Waals surface area contributed by atoms with Gasteiger partial charge in [-0.3, -0.25) is 9.55 Å². The lowest BCUT2D eigenvalue weighted by molar-refractivity contribution is 0.924. The first kappa shape index (κ1) is 10.1. The van der Waals surface area contributed by atoms with Crippen LogP contribution in [0.1, 0.15) is 0 Å². The third-order valence-electron chi connectivity index (χ3n) is 2.06. The Hall–Kier alpha value is -1.43. The second-order valence-corrected chi connectivity index (χ2v) is 3.96. The summed E-state index contributed by atoms with van der Waals surface area (Å²) in [4.78, 5) is 4.09. The quantitative estimate of drug-likeness (QED) is 0.900. The maximum absolute atomic E-state index is 4.09. The smallest absolute Gasteiger partial charge is 0.224 e. The lowest BCUT2D eigenvalue weighted by atomic mass is 10.3. The standard InChI is InChI=1S/C9H10BrN5/c1-11-9-14-13-8(15(9)2)6-3-7(10)5-12-4-6/h3-5H,1-2H3,(H,11,14). The maximum atomic E-state index is 4.09. The SMILES string of the molecule is CNc1nnc(-c2cncc(Br)c2)n1C. The monoisotopic (exact) mass is 267 g/mol. The van der Waals surface area contributed by atoms with Crippen molar-refractivity contribution >= 4 is 21.9 Å². The first-order chi connectivity index (χ1) is 7.22. The normalized spacial score (nSPS) is 10.3. The predicted molar refractivity (Wildman–Crippen MR) is 61.5 cm³/mol. The van der Waals surface area contributed by atoms with Gasteiger partial charge in [-0.15, -0.1) is 10.2 Å². The Morgan fingerprint density at radius 2 is 2.13 bits per heavy atom. The van der Waals surface area contributed by atoms with Gasteiger partial charge in [0.25, 0.3) is 0 Å². The minimum atomic E-state index is 0.727. The first-order valence-electron chi connectivity index (χ1n) is 4.40. The van der Waals surface area contributed by atoms with Gasteiger partial charge in [0.15, 0.2) is 5.82 Å². The van der Waals surface area contributed by atoms with Crippen LogP contribution < -0.4 is 5.32 Å². The third kappa shape index (κ3) is 1.85. The van der Waals surface area contributed by atoms with Crippen molar-refractivity contribution < 1.29 is 0 Å². The van der Waals surface area contributed by atoms with Crippen molar-refractivity contribution in [1.82, 2.24) is 19.7 Å². The summed E-state index contributed by atoms with van der Waals surface area (Å²) in [5, 5.41) is 11.0. The number of anilines is 1. The minimum Gasteiger partial charge on any atom is -0.357 e. The van der Waals surface area contributed by atoms with Gasteiger partial charge >= 0.3 is 0 Å². The maximum Gasteiger partial charge on any atom is 0.224 e. The molecule has 0 atom stereocenters. The molecule has 0 aromatic carbocycles. The zero-order valence-electron chi connectivity index (χ0n) is 8.40. The fourth-order valence-corrected chi connectivity index (χ4v) is 1.70. The van der Waals surface area contributed by atoms with Gasteiger partial charge in [-0.25, -0.2) is 0 Å². The van der Waals surface area contributed by atoms with E-state index in [0.29, 0.717) is 0 Å². The molecule has 0 aliphatic carbocycles. The molecule has 0 fully saturated rings. The molecule has 6 heteroatoms. The summed E-state index contributed by atoms with van der Waals surface area (Å²) < 4.78 is 2.80. The van der Waals surface area contributed by atoms with Crippen LogP contribution in [-0.2, 0) is 7.05 Å². The Labute approximate surface area is 95.7 Å². The Bertz CT molecular complexity index is 479. The minimum absolute atomic E-state index is 0.727. The van der Waals surface area contributed by atoms with Crippen molar-refractivity contribution in [2.24, 2.45) is 7.05 Å². The van der Waals surface area contributed by atoms with Crippen LogP contribution in [0.2, 0.25) is 0 Å². The highest BCUT2D eigenvalue weighted by molar-refractivity contribution is 9.10. The molecular formula is C9H10BrN5. The summed E-state index contributed by atoms with van der Waals surface area (Å²) in [6.45, 7) is 0. The molecule has 0 amide bonds. The van der Waals surface area contributed by atoms with Gasteiger partial charge in [-0.05, 0) is 22.0 Å². The molecule has 2 aromatic rings. The molecule has 0 bridgehead atoms. The van der Waals surface area contributed by atoms with Crippen LogP contribution in [0.3, 0.4) is 0 Å². The van der Waals surface area contributed by atoms with Gasteiger partial charge in [-0.2, -0.15) is 0 Å². The van der Waals surface area contributed by atoms with Crippen molar-refractivity contribution in [3.05, 3.63) is 22.9 Å². The van der Waals surface area contributed by atoms with Crippen LogP contribution >= 0.6 is 15.9 Å². The number of pyridine rings is 1. The van der Waals surface area contributed by atoms with Gasteiger partial charge in [0.2, 0.25) is 5.95 Å². The highest BCUT2D eigenvalue weighted by Crippen LogP contribution is 2.21. The number of nitrogens with one attached hydrogen (secondary N) is 1. The second kappa shape index (κ2) is 3.98. The Kier molecular flexibility index (Phi) is 2.68. The van der Waals surface area contributed by atoms with Crippen molar-refractivity contribution in [1.29, 1.82) is 0 Å². The van der Waals surface area contributed by atoms with Crippen molar-refractivity contribution in [3.63, 3.8) is 0 Å². The molecule has 78 valence electrons. The van der Waals surface area contributed by atoms with Crippen molar-refractivity contribution in [2.45, 2.75) is 0 Å². The Balaban J connectivity index is 2.49. The summed E-state index contributed by atoms with van der Waals surface area (Å²) in [6.07, 6.45) is 3.49. The number of hydrogen-bond donors (Lipinski definition) is 1.